The lowest BCUT2D eigenvalue weighted by molar-refractivity contribution is 0.0794. The summed E-state index contributed by atoms with van der Waals surface area (Å²) in [6.07, 6.45) is 13.0. The Kier molecular flexibility index (Phi) is 6.44. The molecule has 1 amide bonds. The van der Waals surface area contributed by atoms with Crippen molar-refractivity contribution < 1.29 is 15.0 Å². The van der Waals surface area contributed by atoms with E-state index >= 15 is 0 Å². The summed E-state index contributed by atoms with van der Waals surface area (Å²) < 4.78 is 3.75. The van der Waals surface area contributed by atoms with Gasteiger partial charge in [-0.05, 0) is 44.9 Å². The van der Waals surface area contributed by atoms with E-state index in [9.17, 15) is 9.90 Å². The van der Waals surface area contributed by atoms with E-state index in [1.54, 1.807) is 43.0 Å². The summed E-state index contributed by atoms with van der Waals surface area (Å²) in [5.41, 5.74) is 1.54. The topological polar surface area (TPSA) is 118 Å². The number of nitrogens with zero attached hydrogens (tertiary/aromatic N) is 5. The Labute approximate surface area is 192 Å². The lowest BCUT2D eigenvalue weighted by atomic mass is 9.95. The molecule has 0 atom stereocenters. The number of hydrogen-bond donors (Lipinski definition) is 3. The van der Waals surface area contributed by atoms with Crippen molar-refractivity contribution in [2.75, 3.05) is 12.4 Å². The summed E-state index contributed by atoms with van der Waals surface area (Å²) in [4.78, 5) is 21.5. The van der Waals surface area contributed by atoms with Crippen molar-refractivity contribution >= 4 is 28.1 Å². The molecule has 3 aromatic heterocycles. The number of carbonyl (C=O) groups excluding carboxylic acids is 1. The molecule has 3 N–H and O–H groups in total. The van der Waals surface area contributed by atoms with Crippen molar-refractivity contribution in [3.63, 3.8) is 0 Å². The Morgan fingerprint density at radius 1 is 1.15 bits per heavy atom. The third kappa shape index (κ3) is 4.60. The van der Waals surface area contributed by atoms with E-state index in [4.69, 9.17) is 10.2 Å². The van der Waals surface area contributed by atoms with Gasteiger partial charge < -0.3 is 15.5 Å². The minimum absolute atomic E-state index is 0.236. The number of anilines is 1. The highest BCUT2D eigenvalue weighted by Crippen LogP contribution is 2.34. The highest BCUT2D eigenvalue weighted by atomic mass is 16.3. The van der Waals surface area contributed by atoms with Gasteiger partial charge in [0.1, 0.15) is 6.33 Å². The Bertz CT molecular complexity index is 1260. The number of benzene rings is 1. The van der Waals surface area contributed by atoms with Crippen LogP contribution in [0.1, 0.15) is 68.0 Å². The lowest BCUT2D eigenvalue weighted by Gasteiger charge is -2.22. The van der Waals surface area contributed by atoms with Gasteiger partial charge in [-0.15, -0.1) is 0 Å². The third-order valence-corrected chi connectivity index (χ3v) is 6.03. The average Bonchev–Trinajstić information content (AvgIpc) is 3.44. The molecular weight excluding hydrogens is 420 g/mol. The normalized spacial score (nSPS) is 14.8. The molecule has 3 heterocycles. The molecule has 5 rings (SSSR count). The molecule has 0 spiro atoms. The van der Waals surface area contributed by atoms with Crippen molar-refractivity contribution in [3.8, 4) is 0 Å². The average molecular weight is 451 g/mol. The van der Waals surface area contributed by atoms with Crippen molar-refractivity contribution in [3.05, 3.63) is 54.4 Å². The van der Waals surface area contributed by atoms with E-state index < -0.39 is 5.60 Å². The molecule has 1 aliphatic rings. The molecule has 1 aliphatic carbocycles. The molecular formula is C24H30N6O3. The van der Waals surface area contributed by atoms with Crippen molar-refractivity contribution in [2.24, 2.45) is 0 Å². The van der Waals surface area contributed by atoms with Crippen LogP contribution in [0.3, 0.4) is 0 Å². The summed E-state index contributed by atoms with van der Waals surface area (Å²) in [6, 6.07) is 5.94. The number of nitrogens with one attached hydrogen (secondary N) is 1. The molecule has 0 aliphatic heterocycles. The van der Waals surface area contributed by atoms with Crippen LogP contribution in [-0.4, -0.2) is 47.4 Å². The first-order valence-electron chi connectivity index (χ1n) is 11.2. The van der Waals surface area contributed by atoms with E-state index in [-0.39, 0.29) is 11.6 Å². The zero-order chi connectivity index (χ0) is 23.6. The molecule has 9 nitrogen and oxygen atoms in total. The minimum atomic E-state index is -1.15. The predicted molar refractivity (Wildman–Crippen MR) is 126 cm³/mol. The molecule has 4 aromatic rings. The van der Waals surface area contributed by atoms with Crippen LogP contribution in [-0.2, 0) is 5.60 Å². The van der Waals surface area contributed by atoms with E-state index in [2.05, 4.69) is 20.0 Å². The summed E-state index contributed by atoms with van der Waals surface area (Å²) in [5.74, 6) is -0.370. The molecule has 0 unspecified atom stereocenters. The number of rotatable bonds is 4. The number of aliphatic hydroxyl groups excluding tert-OH is 1. The maximum absolute atomic E-state index is 13.0. The quantitative estimate of drug-likeness (QED) is 0.437. The molecule has 1 saturated carbocycles. The maximum atomic E-state index is 13.0. The number of fused-ring (bicyclic) bond motifs is 2. The number of carbonyl (C=O) groups is 1. The van der Waals surface area contributed by atoms with E-state index in [0.717, 1.165) is 30.9 Å². The van der Waals surface area contributed by atoms with E-state index in [1.165, 1.54) is 19.3 Å². The second-order valence-corrected chi connectivity index (χ2v) is 8.81. The SMILES string of the molecule is CC(C)(O)c1cc2nn(C3CCCCC3)cc2cc1NC(=O)c1ncn2cccnc12.CO. The highest BCUT2D eigenvalue weighted by Gasteiger charge is 2.25. The van der Waals surface area contributed by atoms with Gasteiger partial charge in [0, 0.05) is 42.3 Å². The number of amides is 1. The number of imidazole rings is 1. The Hall–Kier alpha value is -3.30. The molecule has 0 bridgehead atoms. The number of hydrogen-bond acceptors (Lipinski definition) is 6. The fraction of sp³-hybridized carbons (Fsp3) is 0.417. The van der Waals surface area contributed by atoms with Crippen molar-refractivity contribution in [2.45, 2.75) is 57.6 Å². The van der Waals surface area contributed by atoms with Crippen LogP contribution in [0.2, 0.25) is 0 Å². The number of aliphatic hydroxyl groups is 2. The molecule has 33 heavy (non-hydrogen) atoms. The molecule has 174 valence electrons. The van der Waals surface area contributed by atoms with Crippen LogP contribution < -0.4 is 5.32 Å². The lowest BCUT2D eigenvalue weighted by Crippen LogP contribution is -2.21. The molecule has 0 radical (unpaired) electrons. The summed E-state index contributed by atoms with van der Waals surface area (Å²) in [6.45, 7) is 3.41. The van der Waals surface area contributed by atoms with Crippen LogP contribution in [0, 0.1) is 0 Å². The predicted octanol–water partition coefficient (Wildman–Crippen LogP) is 3.67. The first-order chi connectivity index (χ1) is 15.9. The summed E-state index contributed by atoms with van der Waals surface area (Å²) in [7, 11) is 1.00. The van der Waals surface area contributed by atoms with Crippen molar-refractivity contribution in [1.82, 2.24) is 24.1 Å². The zero-order valence-corrected chi connectivity index (χ0v) is 19.2. The fourth-order valence-corrected chi connectivity index (χ4v) is 4.41. The number of aromatic nitrogens is 5. The van der Waals surface area contributed by atoms with Crippen molar-refractivity contribution in [1.29, 1.82) is 0 Å². The van der Waals surface area contributed by atoms with Gasteiger partial charge in [-0.25, -0.2) is 9.97 Å². The zero-order valence-electron chi connectivity index (χ0n) is 19.2. The van der Waals surface area contributed by atoms with Gasteiger partial charge in [-0.1, -0.05) is 19.3 Å². The largest absolute Gasteiger partial charge is 0.400 e. The maximum Gasteiger partial charge on any atom is 0.278 e. The van der Waals surface area contributed by atoms with Gasteiger partial charge in [0.15, 0.2) is 11.3 Å². The van der Waals surface area contributed by atoms with Gasteiger partial charge in [-0.3, -0.25) is 13.9 Å². The standard InChI is InChI=1S/C23H26N6O2.CH4O/c1-23(2,31)17-12-18-15(13-29(27-18)16-7-4-3-5-8-16)11-19(17)26-22(30)20-21-24-9-6-10-28(21)14-25-20;1-2/h6,9-14,16,31H,3-5,7-8H2,1-2H3,(H,26,30);2H,1H3. The van der Waals surface area contributed by atoms with Crippen LogP contribution >= 0.6 is 0 Å². The Balaban J connectivity index is 0.00000126. The van der Waals surface area contributed by atoms with Gasteiger partial charge in [-0.2, -0.15) is 5.10 Å². The Morgan fingerprint density at radius 3 is 2.64 bits per heavy atom. The van der Waals surface area contributed by atoms with Crippen LogP contribution in [0.25, 0.3) is 16.6 Å². The van der Waals surface area contributed by atoms with Gasteiger partial charge in [0.2, 0.25) is 0 Å². The smallest absolute Gasteiger partial charge is 0.278 e. The van der Waals surface area contributed by atoms with Crippen LogP contribution in [0.4, 0.5) is 5.69 Å². The first-order valence-corrected chi connectivity index (χ1v) is 11.2. The first kappa shape index (κ1) is 22.9. The second-order valence-electron chi connectivity index (χ2n) is 8.81. The summed E-state index contributed by atoms with van der Waals surface area (Å²) in [5, 5.41) is 26.4. The monoisotopic (exact) mass is 450 g/mol. The molecule has 1 aromatic carbocycles. The van der Waals surface area contributed by atoms with Gasteiger partial charge in [0.25, 0.3) is 5.91 Å². The van der Waals surface area contributed by atoms with E-state index in [1.807, 2.05) is 18.3 Å². The van der Waals surface area contributed by atoms with Crippen LogP contribution in [0.5, 0.6) is 0 Å². The van der Waals surface area contributed by atoms with E-state index in [0.29, 0.717) is 22.9 Å². The molecule has 0 saturated heterocycles. The molecule has 1 fully saturated rings. The van der Waals surface area contributed by atoms with Crippen LogP contribution in [0.15, 0.2) is 43.1 Å². The fourth-order valence-electron chi connectivity index (χ4n) is 4.41. The highest BCUT2D eigenvalue weighted by molar-refractivity contribution is 6.08. The molecule has 9 heteroatoms. The second kappa shape index (κ2) is 9.29. The van der Waals surface area contributed by atoms with Gasteiger partial charge in [0.05, 0.1) is 17.2 Å². The summed E-state index contributed by atoms with van der Waals surface area (Å²) >= 11 is 0. The third-order valence-electron chi connectivity index (χ3n) is 6.03. The van der Waals surface area contributed by atoms with Gasteiger partial charge >= 0.3 is 0 Å². The Morgan fingerprint density at radius 2 is 1.91 bits per heavy atom. The minimum Gasteiger partial charge on any atom is -0.400 e.